The second-order valence-corrected chi connectivity index (χ2v) is 12.0. The molecule has 186 valence electrons. The zero-order valence-corrected chi connectivity index (χ0v) is 23.6. The summed E-state index contributed by atoms with van der Waals surface area (Å²) in [6.07, 6.45) is 6.30. The lowest BCUT2D eigenvalue weighted by Gasteiger charge is -2.17. The van der Waals surface area contributed by atoms with Gasteiger partial charge in [-0.3, -0.25) is 9.36 Å². The van der Waals surface area contributed by atoms with Gasteiger partial charge in [-0.15, -0.1) is 11.3 Å². The third-order valence-electron chi connectivity index (χ3n) is 6.76. The number of fused-ring (bicyclic) bond motifs is 4. The van der Waals surface area contributed by atoms with Gasteiger partial charge in [-0.05, 0) is 62.6 Å². The van der Waals surface area contributed by atoms with Crippen LogP contribution < -0.4 is 24.2 Å². The maximum Gasteiger partial charge on any atom is 0.269 e. The van der Waals surface area contributed by atoms with Crippen molar-refractivity contribution in [2.75, 3.05) is 11.4 Å². The van der Waals surface area contributed by atoms with Gasteiger partial charge < -0.3 is 4.90 Å². The van der Waals surface area contributed by atoms with E-state index in [2.05, 4.69) is 96.1 Å². The van der Waals surface area contributed by atoms with E-state index in [0.29, 0.717) is 6.54 Å². The second kappa shape index (κ2) is 9.97. The number of benzene rings is 3. The molecule has 0 radical (unpaired) electrons. The summed E-state index contributed by atoms with van der Waals surface area (Å²) < 4.78 is 7.30. The average molecular weight is 543 g/mol. The SMILES string of the molecule is CCN1C(=CC=c2sc(=Cc3sc4ccc5ccccc5c4[n+]3CC)n(CC)c2=O)Sc2ccccc21. The molecule has 1 aliphatic heterocycles. The van der Waals surface area contributed by atoms with Crippen LogP contribution in [0.25, 0.3) is 33.1 Å². The molecule has 3 heterocycles. The first-order valence-corrected chi connectivity index (χ1v) is 15.1. The van der Waals surface area contributed by atoms with Gasteiger partial charge in [-0.1, -0.05) is 59.5 Å². The molecular weight excluding hydrogens is 515 g/mol. The number of thiazole rings is 2. The Hall–Kier alpha value is -3.13. The smallest absolute Gasteiger partial charge is 0.269 e. The Bertz CT molecular complexity index is 1860. The molecule has 0 atom stereocenters. The first-order chi connectivity index (χ1) is 18.1. The van der Waals surface area contributed by atoms with Crippen molar-refractivity contribution in [1.29, 1.82) is 0 Å². The predicted molar refractivity (Wildman–Crippen MR) is 160 cm³/mol. The molecular formula is C30H28N3OS3+. The molecule has 4 nitrogen and oxygen atoms in total. The highest BCUT2D eigenvalue weighted by atomic mass is 32.2. The van der Waals surface area contributed by atoms with Crippen molar-refractivity contribution in [3.63, 3.8) is 0 Å². The Morgan fingerprint density at radius 2 is 1.70 bits per heavy atom. The van der Waals surface area contributed by atoms with E-state index < -0.39 is 0 Å². The van der Waals surface area contributed by atoms with Crippen LogP contribution in [-0.2, 0) is 13.1 Å². The molecule has 0 saturated carbocycles. The Labute approximate surface area is 228 Å². The summed E-state index contributed by atoms with van der Waals surface area (Å²) in [4.78, 5) is 16.9. The van der Waals surface area contributed by atoms with Crippen molar-refractivity contribution in [3.8, 4) is 0 Å². The van der Waals surface area contributed by atoms with E-state index in [0.717, 1.165) is 27.3 Å². The van der Waals surface area contributed by atoms with E-state index in [9.17, 15) is 4.79 Å². The van der Waals surface area contributed by atoms with Gasteiger partial charge in [-0.25, -0.2) is 0 Å². The molecule has 37 heavy (non-hydrogen) atoms. The number of rotatable bonds is 5. The summed E-state index contributed by atoms with van der Waals surface area (Å²) in [5.41, 5.74) is 2.59. The highest BCUT2D eigenvalue weighted by Gasteiger charge is 2.23. The third kappa shape index (κ3) is 4.15. The minimum atomic E-state index is 0.0776. The first kappa shape index (κ1) is 24.2. The fourth-order valence-electron chi connectivity index (χ4n) is 5.01. The van der Waals surface area contributed by atoms with Crippen molar-refractivity contribution in [2.45, 2.75) is 38.8 Å². The lowest BCUT2D eigenvalue weighted by atomic mass is 10.1. The molecule has 0 bridgehead atoms. The Morgan fingerprint density at radius 1 is 0.892 bits per heavy atom. The summed E-state index contributed by atoms with van der Waals surface area (Å²) in [6, 6.07) is 21.4. The molecule has 6 rings (SSSR count). The Balaban J connectivity index is 1.48. The van der Waals surface area contributed by atoms with Gasteiger partial charge in [0.25, 0.3) is 10.6 Å². The van der Waals surface area contributed by atoms with Gasteiger partial charge in [0, 0.05) is 18.0 Å². The molecule has 0 amide bonds. The molecule has 0 aliphatic carbocycles. The zero-order valence-electron chi connectivity index (χ0n) is 21.1. The van der Waals surface area contributed by atoms with Crippen LogP contribution in [-0.4, -0.2) is 11.1 Å². The highest BCUT2D eigenvalue weighted by molar-refractivity contribution is 8.03. The van der Waals surface area contributed by atoms with Crippen LogP contribution in [0, 0.1) is 0 Å². The fraction of sp³-hybridized carbons (Fsp3) is 0.200. The van der Waals surface area contributed by atoms with Gasteiger partial charge >= 0.3 is 0 Å². The lowest BCUT2D eigenvalue weighted by molar-refractivity contribution is -0.664. The van der Waals surface area contributed by atoms with Crippen LogP contribution in [0.4, 0.5) is 5.69 Å². The van der Waals surface area contributed by atoms with Gasteiger partial charge in [0.2, 0.25) is 5.52 Å². The summed E-state index contributed by atoms with van der Waals surface area (Å²) in [5.74, 6) is 0. The molecule has 0 saturated heterocycles. The number of nitrogens with zero attached hydrogens (tertiary/aromatic N) is 3. The number of hydrogen-bond donors (Lipinski definition) is 0. The van der Waals surface area contributed by atoms with Crippen LogP contribution in [0.1, 0.15) is 25.8 Å². The standard InChI is InChI=1S/C30H28N3OS3/c1-4-31-22-13-9-10-14-23(22)35-26(31)18-17-25-30(34)33(6-3)28(37-25)19-27-32(5-2)29-21-12-8-7-11-20(21)15-16-24(29)36-27/h7-19H,4-6H2,1-3H3/q+1. The minimum absolute atomic E-state index is 0.0776. The van der Waals surface area contributed by atoms with E-state index in [1.165, 1.54) is 36.6 Å². The van der Waals surface area contributed by atoms with Gasteiger partial charge in [0.1, 0.15) is 15.9 Å². The van der Waals surface area contributed by atoms with Gasteiger partial charge in [0.05, 0.1) is 26.7 Å². The number of para-hydroxylation sites is 1. The quantitative estimate of drug-likeness (QED) is 0.267. The van der Waals surface area contributed by atoms with Crippen molar-refractivity contribution in [3.05, 3.63) is 96.3 Å². The maximum atomic E-state index is 13.4. The van der Waals surface area contributed by atoms with Crippen molar-refractivity contribution >= 4 is 73.3 Å². The monoisotopic (exact) mass is 542 g/mol. The van der Waals surface area contributed by atoms with Gasteiger partial charge in [0.15, 0.2) is 0 Å². The largest absolute Gasteiger partial charge is 0.335 e. The Kier molecular flexibility index (Phi) is 6.53. The van der Waals surface area contributed by atoms with Crippen LogP contribution >= 0.6 is 34.4 Å². The zero-order chi connectivity index (χ0) is 25.5. The van der Waals surface area contributed by atoms with E-state index in [1.807, 2.05) is 17.6 Å². The van der Waals surface area contributed by atoms with E-state index in [-0.39, 0.29) is 5.56 Å². The molecule has 0 N–H and O–H groups in total. The van der Waals surface area contributed by atoms with E-state index >= 15 is 0 Å². The molecule has 7 heteroatoms. The second-order valence-electron chi connectivity index (χ2n) is 8.80. The van der Waals surface area contributed by atoms with E-state index in [4.69, 9.17) is 0 Å². The minimum Gasteiger partial charge on any atom is -0.335 e. The van der Waals surface area contributed by atoms with Crippen molar-refractivity contribution < 1.29 is 4.57 Å². The average Bonchev–Trinajstić information content (AvgIpc) is 3.57. The summed E-state index contributed by atoms with van der Waals surface area (Å²) in [7, 11) is 0. The van der Waals surface area contributed by atoms with Crippen molar-refractivity contribution in [1.82, 2.24) is 4.57 Å². The predicted octanol–water partition coefficient (Wildman–Crippen LogP) is 5.69. The number of hydrogen-bond acceptors (Lipinski definition) is 5. The molecule has 1 aliphatic rings. The third-order valence-corrected chi connectivity index (χ3v) is 10.1. The summed E-state index contributed by atoms with van der Waals surface area (Å²) in [5, 5.41) is 4.85. The summed E-state index contributed by atoms with van der Waals surface area (Å²) >= 11 is 5.13. The number of allylic oxidation sites excluding steroid dienone is 1. The summed E-state index contributed by atoms with van der Waals surface area (Å²) in [6.45, 7) is 8.81. The Morgan fingerprint density at radius 3 is 2.51 bits per heavy atom. The van der Waals surface area contributed by atoms with Crippen LogP contribution in [0.15, 0.2) is 81.5 Å². The normalized spacial score (nSPS) is 15.5. The van der Waals surface area contributed by atoms with E-state index in [1.54, 1.807) is 34.4 Å². The molecule has 0 fully saturated rings. The molecule has 2 aromatic heterocycles. The maximum absolute atomic E-state index is 13.4. The molecule has 0 spiro atoms. The molecule has 3 aromatic carbocycles. The number of aromatic nitrogens is 2. The fourth-order valence-corrected chi connectivity index (χ4v) is 8.44. The molecule has 0 unspecified atom stereocenters. The first-order valence-electron chi connectivity index (χ1n) is 12.6. The van der Waals surface area contributed by atoms with Crippen LogP contribution in [0.3, 0.4) is 0 Å². The topological polar surface area (TPSA) is 29.1 Å². The van der Waals surface area contributed by atoms with Gasteiger partial charge in [-0.2, -0.15) is 4.57 Å². The highest BCUT2D eigenvalue weighted by Crippen LogP contribution is 2.45. The molecule has 5 aromatic rings. The van der Waals surface area contributed by atoms with Crippen molar-refractivity contribution in [2.24, 2.45) is 0 Å². The lowest BCUT2D eigenvalue weighted by Crippen LogP contribution is -2.35. The van der Waals surface area contributed by atoms with Crippen LogP contribution in [0.5, 0.6) is 0 Å². The number of anilines is 1. The number of aryl methyl sites for hydroxylation is 1. The number of thioether (sulfide) groups is 1. The van der Waals surface area contributed by atoms with Crippen LogP contribution in [0.2, 0.25) is 0 Å².